The smallest absolute Gasteiger partial charge is 0.370 e. The summed E-state index contributed by atoms with van der Waals surface area (Å²) in [7, 11) is 0. The fourth-order valence-corrected chi connectivity index (χ4v) is 4.19. The Morgan fingerprint density at radius 1 is 1.03 bits per heavy atom. The van der Waals surface area contributed by atoms with Gasteiger partial charge in [-0.3, -0.25) is 9.59 Å². The van der Waals surface area contributed by atoms with Gasteiger partial charge in [0.05, 0.1) is 17.0 Å². The van der Waals surface area contributed by atoms with E-state index in [0.29, 0.717) is 43.5 Å². The van der Waals surface area contributed by atoms with E-state index >= 15 is 0 Å². The molecule has 2 N–H and O–H groups in total. The second kappa shape index (κ2) is 9.40. The first-order valence-corrected chi connectivity index (χ1v) is 11.2. The van der Waals surface area contributed by atoms with Crippen molar-refractivity contribution in [1.29, 1.82) is 0 Å². The minimum atomic E-state index is -4.38. The van der Waals surface area contributed by atoms with Crippen LogP contribution in [0.15, 0.2) is 48.7 Å². The summed E-state index contributed by atoms with van der Waals surface area (Å²) in [6, 6.07) is 11.6. The molecule has 180 valence electrons. The van der Waals surface area contributed by atoms with Crippen molar-refractivity contribution < 1.29 is 22.8 Å². The van der Waals surface area contributed by atoms with Crippen LogP contribution in [0.3, 0.4) is 0 Å². The van der Waals surface area contributed by atoms with Gasteiger partial charge in [-0.05, 0) is 55.3 Å². The van der Waals surface area contributed by atoms with E-state index in [4.69, 9.17) is 0 Å². The van der Waals surface area contributed by atoms with Gasteiger partial charge in [-0.25, -0.2) is 0 Å². The Morgan fingerprint density at radius 2 is 1.74 bits per heavy atom. The lowest BCUT2D eigenvalue weighted by atomic mass is 9.98. The second-order valence-electron chi connectivity index (χ2n) is 8.66. The van der Waals surface area contributed by atoms with Crippen molar-refractivity contribution in [2.45, 2.75) is 26.4 Å². The highest BCUT2D eigenvalue weighted by atomic mass is 19.4. The molecule has 3 aromatic rings. The molecule has 2 heterocycles. The maximum Gasteiger partial charge on any atom is 0.416 e. The predicted molar refractivity (Wildman–Crippen MR) is 125 cm³/mol. The van der Waals surface area contributed by atoms with Gasteiger partial charge in [-0.2, -0.15) is 13.2 Å². The first-order chi connectivity index (χ1) is 16.1. The number of amides is 2. The second-order valence-corrected chi connectivity index (χ2v) is 8.66. The van der Waals surface area contributed by atoms with Gasteiger partial charge in [-0.1, -0.05) is 6.07 Å². The van der Waals surface area contributed by atoms with Crippen molar-refractivity contribution in [1.82, 2.24) is 15.2 Å². The van der Waals surface area contributed by atoms with Crippen LogP contribution < -0.4 is 15.5 Å². The lowest BCUT2D eigenvalue weighted by molar-refractivity contribution is -0.137. The molecule has 0 unspecified atom stereocenters. The number of carbonyl (C=O) groups excluding carboxylic acids is 2. The monoisotopic (exact) mass is 472 g/mol. The standard InChI is InChI=1S/C25H27F3N4O2/c1-16-13-32(23-8-7-19(11-22(16)23)25(26,27)28)21-6-3-5-20(12-21)31-14-18(15-31)24(34)30-10-4-9-29-17(2)33/h3,5-8,11-13,18H,4,9-10,14-15H2,1-2H3,(H,29,33)(H,30,34). The quantitative estimate of drug-likeness (QED) is 0.510. The minimum absolute atomic E-state index is 0.00252. The van der Waals surface area contributed by atoms with E-state index in [-0.39, 0.29) is 17.7 Å². The molecule has 0 atom stereocenters. The Hall–Kier alpha value is -3.49. The highest BCUT2D eigenvalue weighted by Crippen LogP contribution is 2.34. The molecular weight excluding hydrogens is 445 g/mol. The lowest BCUT2D eigenvalue weighted by Crippen LogP contribution is -2.54. The molecule has 4 rings (SSSR count). The Morgan fingerprint density at radius 3 is 2.44 bits per heavy atom. The molecule has 0 spiro atoms. The van der Waals surface area contributed by atoms with Crippen LogP contribution in [0.25, 0.3) is 16.6 Å². The van der Waals surface area contributed by atoms with Crippen LogP contribution >= 0.6 is 0 Å². The average Bonchev–Trinajstić information content (AvgIpc) is 3.08. The van der Waals surface area contributed by atoms with E-state index in [0.717, 1.165) is 23.0 Å². The number of benzene rings is 2. The van der Waals surface area contributed by atoms with E-state index in [2.05, 4.69) is 15.5 Å². The number of rotatable bonds is 7. The molecule has 1 aliphatic heterocycles. The molecule has 1 saturated heterocycles. The highest BCUT2D eigenvalue weighted by molar-refractivity contribution is 5.86. The number of aromatic nitrogens is 1. The van der Waals surface area contributed by atoms with E-state index in [1.54, 1.807) is 6.92 Å². The number of hydrogen-bond donors (Lipinski definition) is 2. The molecule has 1 aromatic heterocycles. The van der Waals surface area contributed by atoms with E-state index < -0.39 is 11.7 Å². The molecule has 1 aliphatic rings. The first-order valence-electron chi connectivity index (χ1n) is 11.2. The summed E-state index contributed by atoms with van der Waals surface area (Å²) in [5, 5.41) is 6.17. The highest BCUT2D eigenvalue weighted by Gasteiger charge is 2.33. The fraction of sp³-hybridized carbons (Fsp3) is 0.360. The molecule has 2 amide bonds. The van der Waals surface area contributed by atoms with Crippen molar-refractivity contribution in [3.05, 3.63) is 59.8 Å². The molecule has 0 aliphatic carbocycles. The van der Waals surface area contributed by atoms with Gasteiger partial charge in [0.1, 0.15) is 0 Å². The summed E-state index contributed by atoms with van der Waals surface area (Å²) >= 11 is 0. The molecule has 6 nitrogen and oxygen atoms in total. The summed E-state index contributed by atoms with van der Waals surface area (Å²) in [6.07, 6.45) is -1.86. The number of anilines is 1. The molecule has 9 heteroatoms. The van der Waals surface area contributed by atoms with Crippen molar-refractivity contribution in [2.75, 3.05) is 31.1 Å². The van der Waals surface area contributed by atoms with Crippen LogP contribution in [0.2, 0.25) is 0 Å². The lowest BCUT2D eigenvalue weighted by Gasteiger charge is -2.40. The van der Waals surface area contributed by atoms with Gasteiger partial charge in [0.2, 0.25) is 11.8 Å². The number of nitrogens with one attached hydrogen (secondary N) is 2. The molecular formula is C25H27F3N4O2. The minimum Gasteiger partial charge on any atom is -0.370 e. The molecule has 34 heavy (non-hydrogen) atoms. The van der Waals surface area contributed by atoms with E-state index in [1.165, 1.54) is 19.1 Å². The molecule has 0 bridgehead atoms. The number of halogens is 3. The zero-order chi connectivity index (χ0) is 24.5. The van der Waals surface area contributed by atoms with Gasteiger partial charge in [0, 0.05) is 56.1 Å². The summed E-state index contributed by atoms with van der Waals surface area (Å²) in [4.78, 5) is 25.3. The topological polar surface area (TPSA) is 66.4 Å². The van der Waals surface area contributed by atoms with Gasteiger partial charge in [-0.15, -0.1) is 0 Å². The van der Waals surface area contributed by atoms with Gasteiger partial charge < -0.3 is 20.1 Å². The molecule has 0 radical (unpaired) electrons. The van der Waals surface area contributed by atoms with Crippen LogP contribution in [0.4, 0.5) is 18.9 Å². The van der Waals surface area contributed by atoms with Crippen LogP contribution in [-0.4, -0.2) is 42.6 Å². The zero-order valence-electron chi connectivity index (χ0n) is 19.1. The molecule has 1 fully saturated rings. The van der Waals surface area contributed by atoms with E-state index in [1.807, 2.05) is 35.0 Å². The van der Waals surface area contributed by atoms with Crippen molar-refractivity contribution in [2.24, 2.45) is 5.92 Å². The SMILES string of the molecule is CC(=O)NCCCNC(=O)C1CN(c2cccc(-n3cc(C)c4cc(C(F)(F)F)ccc43)c2)C1. The molecule has 0 saturated carbocycles. The largest absolute Gasteiger partial charge is 0.416 e. The van der Waals surface area contributed by atoms with Crippen LogP contribution in [0.5, 0.6) is 0 Å². The number of carbonyl (C=O) groups is 2. The summed E-state index contributed by atoms with van der Waals surface area (Å²) in [6.45, 7) is 5.51. The Bertz CT molecular complexity index is 1210. The average molecular weight is 473 g/mol. The summed E-state index contributed by atoms with van der Waals surface area (Å²) in [5.74, 6) is -0.181. The number of alkyl halides is 3. The van der Waals surface area contributed by atoms with Crippen molar-refractivity contribution in [3.8, 4) is 5.69 Å². The Balaban J connectivity index is 1.41. The zero-order valence-corrected chi connectivity index (χ0v) is 19.1. The van der Waals surface area contributed by atoms with E-state index in [9.17, 15) is 22.8 Å². The predicted octanol–water partition coefficient (Wildman–Crippen LogP) is 4.04. The third-order valence-electron chi connectivity index (χ3n) is 6.08. The molecule has 2 aromatic carbocycles. The third-order valence-corrected chi connectivity index (χ3v) is 6.08. The number of nitrogens with zero attached hydrogens (tertiary/aromatic N) is 2. The Labute approximate surface area is 195 Å². The summed E-state index contributed by atoms with van der Waals surface area (Å²) < 4.78 is 41.3. The first kappa shape index (κ1) is 23.7. The number of fused-ring (bicyclic) bond motifs is 1. The van der Waals surface area contributed by atoms with Crippen LogP contribution in [-0.2, 0) is 15.8 Å². The Kier molecular flexibility index (Phi) is 6.54. The van der Waals surface area contributed by atoms with Gasteiger partial charge in [0.25, 0.3) is 0 Å². The van der Waals surface area contributed by atoms with Gasteiger partial charge >= 0.3 is 6.18 Å². The normalized spacial score (nSPS) is 14.2. The third kappa shape index (κ3) is 5.03. The maximum absolute atomic E-state index is 13.1. The number of hydrogen-bond acceptors (Lipinski definition) is 3. The van der Waals surface area contributed by atoms with Crippen molar-refractivity contribution >= 4 is 28.4 Å². The van der Waals surface area contributed by atoms with Crippen LogP contribution in [0.1, 0.15) is 24.5 Å². The van der Waals surface area contributed by atoms with Crippen LogP contribution in [0, 0.1) is 12.8 Å². The number of aryl methyl sites for hydroxylation is 1. The fourth-order valence-electron chi connectivity index (χ4n) is 4.19. The van der Waals surface area contributed by atoms with Crippen molar-refractivity contribution in [3.63, 3.8) is 0 Å². The summed E-state index contributed by atoms with van der Waals surface area (Å²) in [5.41, 5.74) is 2.63. The van der Waals surface area contributed by atoms with Gasteiger partial charge in [0.15, 0.2) is 0 Å². The maximum atomic E-state index is 13.1.